The molecule has 0 aliphatic heterocycles. The van der Waals surface area contributed by atoms with E-state index >= 15 is 0 Å². The molecule has 0 amide bonds. The molecule has 20 heavy (non-hydrogen) atoms. The molecule has 0 unspecified atom stereocenters. The highest BCUT2D eigenvalue weighted by Gasteiger charge is 2.18. The topological polar surface area (TPSA) is 58.5 Å². The summed E-state index contributed by atoms with van der Waals surface area (Å²) in [6, 6.07) is 6.77. The Morgan fingerprint density at radius 3 is 2.35 bits per heavy atom. The Bertz CT molecular complexity index is 570. The lowest BCUT2D eigenvalue weighted by atomic mass is 9.86. The van der Waals surface area contributed by atoms with E-state index in [-0.39, 0.29) is 4.90 Å². The van der Waals surface area contributed by atoms with Crippen molar-refractivity contribution < 1.29 is 8.42 Å². The molecule has 1 N–H and O–H groups in total. The van der Waals surface area contributed by atoms with Crippen LogP contribution in [0.15, 0.2) is 34.3 Å². The van der Waals surface area contributed by atoms with Crippen LogP contribution < -0.4 is 4.83 Å². The number of hydrogen-bond donors (Lipinski definition) is 1. The summed E-state index contributed by atoms with van der Waals surface area (Å²) in [4.78, 5) is 2.61. The number of hydrogen-bond acceptors (Lipinski definition) is 3. The fraction of sp³-hybridized carbons (Fsp3) is 0.533. The highest BCUT2D eigenvalue weighted by atomic mass is 32.2. The van der Waals surface area contributed by atoms with E-state index in [1.807, 2.05) is 13.8 Å². The molecule has 1 aromatic carbocycles. The number of hydrazone groups is 1. The van der Waals surface area contributed by atoms with Gasteiger partial charge < -0.3 is 0 Å². The Kier molecular flexibility index (Phi) is 4.81. The summed E-state index contributed by atoms with van der Waals surface area (Å²) in [6.45, 7) is 3.84. The van der Waals surface area contributed by atoms with Crippen molar-refractivity contribution in [3.8, 4) is 0 Å². The second kappa shape index (κ2) is 6.39. The molecule has 0 spiro atoms. The monoisotopic (exact) mass is 294 g/mol. The minimum absolute atomic E-state index is 0.253. The van der Waals surface area contributed by atoms with Gasteiger partial charge in [-0.2, -0.15) is 13.5 Å². The van der Waals surface area contributed by atoms with E-state index in [1.54, 1.807) is 24.3 Å². The predicted molar refractivity (Wildman–Crippen MR) is 81.2 cm³/mol. The molecule has 1 aliphatic carbocycles. The quantitative estimate of drug-likeness (QED) is 0.684. The summed E-state index contributed by atoms with van der Waals surface area (Å²) in [5.41, 5.74) is 1.92. The summed E-state index contributed by atoms with van der Waals surface area (Å²) >= 11 is 0. The molecular formula is C15H22N2O2S. The normalized spacial score (nSPS) is 18.0. The van der Waals surface area contributed by atoms with Crippen LogP contribution in [0.3, 0.4) is 0 Å². The first kappa shape index (κ1) is 15.0. The molecule has 1 aromatic rings. The van der Waals surface area contributed by atoms with Crippen molar-refractivity contribution in [3.63, 3.8) is 0 Å². The summed E-state index contributed by atoms with van der Waals surface area (Å²) in [5, 5.41) is 4.10. The lowest BCUT2D eigenvalue weighted by molar-refractivity contribution is 0.437. The third-order valence-corrected chi connectivity index (χ3v) is 5.09. The largest absolute Gasteiger partial charge is 0.276 e. The number of nitrogens with one attached hydrogen (secondary N) is 1. The molecule has 0 radical (unpaired) electrons. The minimum Gasteiger partial charge on any atom is -0.200 e. The Labute approximate surface area is 121 Å². The van der Waals surface area contributed by atoms with Crippen LogP contribution in [0.25, 0.3) is 0 Å². The number of benzene rings is 1. The maximum atomic E-state index is 12.1. The SMILES string of the molecule is CC(=NNS(=O)(=O)c1ccc(C)cc1)C1CCCCC1. The highest BCUT2D eigenvalue weighted by molar-refractivity contribution is 7.89. The third-order valence-electron chi connectivity index (χ3n) is 3.87. The average Bonchev–Trinajstić information content (AvgIpc) is 2.46. The third kappa shape index (κ3) is 3.82. The van der Waals surface area contributed by atoms with Gasteiger partial charge >= 0.3 is 0 Å². The van der Waals surface area contributed by atoms with E-state index in [1.165, 1.54) is 19.3 Å². The van der Waals surface area contributed by atoms with Gasteiger partial charge in [0.1, 0.15) is 0 Å². The van der Waals surface area contributed by atoms with Crippen LogP contribution in [0.4, 0.5) is 0 Å². The molecular weight excluding hydrogens is 272 g/mol. The van der Waals surface area contributed by atoms with Gasteiger partial charge in [0.05, 0.1) is 4.90 Å². The van der Waals surface area contributed by atoms with Gasteiger partial charge in [-0.1, -0.05) is 37.0 Å². The molecule has 4 nitrogen and oxygen atoms in total. The van der Waals surface area contributed by atoms with Crippen molar-refractivity contribution in [3.05, 3.63) is 29.8 Å². The van der Waals surface area contributed by atoms with Gasteiger partial charge in [-0.15, -0.1) is 0 Å². The smallest absolute Gasteiger partial charge is 0.200 e. The Morgan fingerprint density at radius 1 is 1.15 bits per heavy atom. The van der Waals surface area contributed by atoms with Crippen molar-refractivity contribution >= 4 is 15.7 Å². The maximum Gasteiger partial charge on any atom is 0.276 e. The van der Waals surface area contributed by atoms with Crippen molar-refractivity contribution in [1.29, 1.82) is 0 Å². The van der Waals surface area contributed by atoms with E-state index in [4.69, 9.17) is 0 Å². The molecule has 0 saturated heterocycles. The minimum atomic E-state index is -3.55. The van der Waals surface area contributed by atoms with Gasteiger partial charge in [-0.05, 0) is 44.7 Å². The molecule has 1 fully saturated rings. The van der Waals surface area contributed by atoms with Crippen LogP contribution >= 0.6 is 0 Å². The number of rotatable bonds is 4. The molecule has 0 aromatic heterocycles. The Balaban J connectivity index is 2.06. The number of aryl methyl sites for hydroxylation is 1. The zero-order chi connectivity index (χ0) is 14.6. The summed E-state index contributed by atoms with van der Waals surface area (Å²) in [5.74, 6) is 0.421. The molecule has 5 heteroatoms. The van der Waals surface area contributed by atoms with Crippen LogP contribution in [0.1, 0.15) is 44.6 Å². The van der Waals surface area contributed by atoms with E-state index in [0.29, 0.717) is 5.92 Å². The molecule has 0 heterocycles. The van der Waals surface area contributed by atoms with Crippen LogP contribution in [0.2, 0.25) is 0 Å². The molecule has 0 atom stereocenters. The number of nitrogens with zero attached hydrogens (tertiary/aromatic N) is 1. The van der Waals surface area contributed by atoms with E-state index in [9.17, 15) is 8.42 Å². The zero-order valence-electron chi connectivity index (χ0n) is 12.1. The average molecular weight is 294 g/mol. The Morgan fingerprint density at radius 2 is 1.75 bits per heavy atom. The first-order valence-corrected chi connectivity index (χ1v) is 8.60. The van der Waals surface area contributed by atoms with Gasteiger partial charge in [0.15, 0.2) is 0 Å². The molecule has 1 aliphatic rings. The predicted octanol–water partition coefficient (Wildman–Crippen LogP) is 3.23. The summed E-state index contributed by atoms with van der Waals surface area (Å²) in [7, 11) is -3.55. The number of sulfonamides is 1. The maximum absolute atomic E-state index is 12.1. The van der Waals surface area contributed by atoms with Crippen molar-refractivity contribution in [2.75, 3.05) is 0 Å². The van der Waals surface area contributed by atoms with Gasteiger partial charge in [0.25, 0.3) is 10.0 Å². The van der Waals surface area contributed by atoms with Crippen LogP contribution in [0, 0.1) is 12.8 Å². The molecule has 0 bridgehead atoms. The van der Waals surface area contributed by atoms with Crippen LogP contribution in [0.5, 0.6) is 0 Å². The Hall–Kier alpha value is -1.36. The van der Waals surface area contributed by atoms with Crippen molar-refractivity contribution in [1.82, 2.24) is 4.83 Å². The van der Waals surface area contributed by atoms with Gasteiger partial charge in [0.2, 0.25) is 0 Å². The first-order valence-electron chi connectivity index (χ1n) is 7.12. The summed E-state index contributed by atoms with van der Waals surface area (Å²) in [6.07, 6.45) is 5.92. The first-order chi connectivity index (χ1) is 9.49. The molecule has 110 valence electrons. The van der Waals surface area contributed by atoms with E-state index in [0.717, 1.165) is 24.1 Å². The van der Waals surface area contributed by atoms with Crippen LogP contribution in [-0.4, -0.2) is 14.1 Å². The van der Waals surface area contributed by atoms with Crippen LogP contribution in [-0.2, 0) is 10.0 Å². The fourth-order valence-electron chi connectivity index (χ4n) is 2.51. The zero-order valence-corrected chi connectivity index (χ0v) is 12.9. The summed E-state index contributed by atoms with van der Waals surface area (Å²) < 4.78 is 24.2. The van der Waals surface area contributed by atoms with Gasteiger partial charge in [-0.3, -0.25) is 0 Å². The van der Waals surface area contributed by atoms with Gasteiger partial charge in [0, 0.05) is 5.71 Å². The van der Waals surface area contributed by atoms with E-state index < -0.39 is 10.0 Å². The lowest BCUT2D eigenvalue weighted by Gasteiger charge is -2.21. The fourth-order valence-corrected chi connectivity index (χ4v) is 3.38. The van der Waals surface area contributed by atoms with E-state index in [2.05, 4.69) is 9.93 Å². The molecule has 2 rings (SSSR count). The van der Waals surface area contributed by atoms with Crippen molar-refractivity contribution in [2.24, 2.45) is 11.0 Å². The lowest BCUT2D eigenvalue weighted by Crippen LogP contribution is -2.23. The van der Waals surface area contributed by atoms with Gasteiger partial charge in [-0.25, -0.2) is 4.83 Å². The second-order valence-corrected chi connectivity index (χ2v) is 7.16. The van der Waals surface area contributed by atoms with Crippen molar-refractivity contribution in [2.45, 2.75) is 50.8 Å². The highest BCUT2D eigenvalue weighted by Crippen LogP contribution is 2.24. The molecule has 1 saturated carbocycles. The second-order valence-electron chi connectivity index (χ2n) is 5.50. The standard InChI is InChI=1S/C15H22N2O2S/c1-12-8-10-15(11-9-12)20(18,19)17-16-13(2)14-6-4-3-5-7-14/h8-11,14,17H,3-7H2,1-2H3.